The number of aryl methyl sites for hydroxylation is 1. The van der Waals surface area contributed by atoms with Crippen LogP contribution in [0.3, 0.4) is 0 Å². The van der Waals surface area contributed by atoms with Gasteiger partial charge in [-0.15, -0.1) is 11.3 Å². The number of thiazole rings is 1. The molecular weight excluding hydrogens is 449 g/mol. The maximum Gasteiger partial charge on any atom is 0.220 e. The van der Waals surface area contributed by atoms with E-state index in [2.05, 4.69) is 19.8 Å². The summed E-state index contributed by atoms with van der Waals surface area (Å²) in [5, 5.41) is 4.83. The van der Waals surface area contributed by atoms with Crippen molar-refractivity contribution in [1.82, 2.24) is 24.7 Å². The van der Waals surface area contributed by atoms with Crippen LogP contribution in [0.1, 0.15) is 25.8 Å². The molecule has 0 aliphatic carbocycles. The third kappa shape index (κ3) is 4.39. The first kappa shape index (κ1) is 22.0. The molecule has 0 saturated carbocycles. The topological polar surface area (TPSA) is 112 Å². The minimum Gasteiger partial charge on any atom is -0.368 e. The molecule has 0 aliphatic rings. The molecule has 4 aromatic rings. The number of halogens is 1. The molecule has 0 fully saturated rings. The minimum atomic E-state index is -1.67. The molecule has 3 heterocycles. The van der Waals surface area contributed by atoms with Crippen LogP contribution in [0.4, 0.5) is 16.0 Å². The normalized spacial score (nSPS) is 12.7. The van der Waals surface area contributed by atoms with Crippen molar-refractivity contribution in [3.63, 3.8) is 0 Å². The van der Waals surface area contributed by atoms with E-state index in [4.69, 9.17) is 10.7 Å². The summed E-state index contributed by atoms with van der Waals surface area (Å²) in [6.45, 7) is 6.12. The maximum absolute atomic E-state index is 15.6. The van der Waals surface area contributed by atoms with Crippen LogP contribution in [0.5, 0.6) is 0 Å². The number of hydrogen-bond donors (Lipinski definition) is 2. The summed E-state index contributed by atoms with van der Waals surface area (Å²) in [7, 11) is 0.0505. The number of benzene rings is 1. The Hall–Kier alpha value is -3.18. The zero-order chi connectivity index (χ0) is 23.0. The van der Waals surface area contributed by atoms with E-state index in [1.54, 1.807) is 37.6 Å². The zero-order valence-electron chi connectivity index (χ0n) is 18.0. The Morgan fingerprint density at radius 2 is 2.00 bits per heavy atom. The van der Waals surface area contributed by atoms with Gasteiger partial charge in [-0.25, -0.2) is 23.6 Å². The highest BCUT2D eigenvalue weighted by Crippen LogP contribution is 2.41. The molecule has 1 aromatic carbocycles. The molecule has 11 heteroatoms. The lowest BCUT2D eigenvalue weighted by atomic mass is 9.98. The predicted octanol–water partition coefficient (Wildman–Crippen LogP) is 4.15. The van der Waals surface area contributed by atoms with E-state index in [0.717, 1.165) is 5.01 Å². The summed E-state index contributed by atoms with van der Waals surface area (Å²) in [5.74, 6) is -0.430. The van der Waals surface area contributed by atoms with E-state index in [9.17, 15) is 4.21 Å². The van der Waals surface area contributed by atoms with Crippen LogP contribution in [-0.4, -0.2) is 28.9 Å². The highest BCUT2D eigenvalue weighted by atomic mass is 32.2. The predicted molar refractivity (Wildman–Crippen MR) is 125 cm³/mol. The van der Waals surface area contributed by atoms with Gasteiger partial charge in [-0.3, -0.25) is 9.40 Å². The number of anilines is 2. The van der Waals surface area contributed by atoms with Gasteiger partial charge in [0.05, 0.1) is 38.1 Å². The second kappa shape index (κ2) is 8.40. The van der Waals surface area contributed by atoms with Crippen LogP contribution >= 0.6 is 11.3 Å². The molecule has 0 radical (unpaired) electrons. The van der Waals surface area contributed by atoms with Crippen molar-refractivity contribution in [3.05, 3.63) is 53.7 Å². The minimum absolute atomic E-state index is 0.100. The number of nitrogens with two attached hydrogens (primary N) is 1. The van der Waals surface area contributed by atoms with E-state index in [1.165, 1.54) is 28.3 Å². The summed E-state index contributed by atoms with van der Waals surface area (Å²) in [6, 6.07) is 6.59. The van der Waals surface area contributed by atoms with Gasteiger partial charge < -0.3 is 5.73 Å². The molecule has 3 aromatic heterocycles. The van der Waals surface area contributed by atoms with Crippen molar-refractivity contribution in [2.75, 3.05) is 10.5 Å². The molecule has 1 atom stereocenters. The smallest absolute Gasteiger partial charge is 0.220 e. The molecule has 0 saturated heterocycles. The first-order valence-corrected chi connectivity index (χ1v) is 11.7. The van der Waals surface area contributed by atoms with Crippen LogP contribution in [0, 0.1) is 5.82 Å². The third-order valence-corrected chi connectivity index (χ3v) is 7.08. The van der Waals surface area contributed by atoms with E-state index >= 15 is 4.39 Å². The molecule has 3 N–H and O–H groups in total. The fourth-order valence-electron chi connectivity index (χ4n) is 2.94. The van der Waals surface area contributed by atoms with Gasteiger partial charge in [0.2, 0.25) is 5.95 Å². The van der Waals surface area contributed by atoms with Gasteiger partial charge >= 0.3 is 0 Å². The molecule has 166 valence electrons. The fourth-order valence-corrected chi connectivity index (χ4v) is 4.92. The van der Waals surface area contributed by atoms with Crippen molar-refractivity contribution >= 4 is 34.0 Å². The van der Waals surface area contributed by atoms with Crippen LogP contribution in [-0.2, 0) is 23.4 Å². The monoisotopic (exact) mass is 471 g/mol. The van der Waals surface area contributed by atoms with Gasteiger partial charge in [-0.1, -0.05) is 26.8 Å². The highest BCUT2D eigenvalue weighted by molar-refractivity contribution is 7.86. The van der Waals surface area contributed by atoms with Crippen LogP contribution < -0.4 is 10.5 Å². The molecular formula is C21H22FN7OS2. The second-order valence-electron chi connectivity index (χ2n) is 8.13. The third-order valence-electron chi connectivity index (χ3n) is 4.53. The first-order chi connectivity index (χ1) is 15.1. The Labute approximate surface area is 191 Å². The summed E-state index contributed by atoms with van der Waals surface area (Å²) in [4.78, 5) is 14.1. The number of nitrogen functional groups attached to an aromatic ring is 1. The first-order valence-electron chi connectivity index (χ1n) is 9.69. The fraction of sp³-hybridized carbons (Fsp3) is 0.238. The molecule has 1 unspecified atom stereocenters. The molecule has 0 bridgehead atoms. The number of hydrogen-bond acceptors (Lipinski definition) is 7. The molecule has 4 rings (SSSR count). The Kier molecular flexibility index (Phi) is 5.78. The van der Waals surface area contributed by atoms with Gasteiger partial charge in [0, 0.05) is 30.4 Å². The van der Waals surface area contributed by atoms with Crippen LogP contribution in [0.25, 0.3) is 21.8 Å². The number of nitrogens with zero attached hydrogens (tertiary/aromatic N) is 5. The van der Waals surface area contributed by atoms with Gasteiger partial charge in [-0.2, -0.15) is 5.10 Å². The SMILES string of the molecule is Cn1cc(S(=O)Nc2cccc(-c3nc(C(C)(C)C)sc3-c3ccnc(N)n3)c2F)cn1. The molecule has 8 nitrogen and oxygen atoms in total. The Balaban J connectivity index is 1.80. The van der Waals surface area contributed by atoms with Crippen molar-refractivity contribution < 1.29 is 8.60 Å². The van der Waals surface area contributed by atoms with Gasteiger partial charge in [0.25, 0.3) is 0 Å². The average Bonchev–Trinajstić information content (AvgIpc) is 3.36. The lowest BCUT2D eigenvalue weighted by molar-refractivity contribution is 0.585. The van der Waals surface area contributed by atoms with Crippen molar-refractivity contribution in [2.24, 2.45) is 7.05 Å². The summed E-state index contributed by atoms with van der Waals surface area (Å²) >= 11 is 1.44. The van der Waals surface area contributed by atoms with Crippen LogP contribution in [0.15, 0.2) is 47.8 Å². The van der Waals surface area contributed by atoms with E-state index in [-0.39, 0.29) is 22.6 Å². The average molecular weight is 472 g/mol. The zero-order valence-corrected chi connectivity index (χ0v) is 19.6. The van der Waals surface area contributed by atoms with Crippen LogP contribution in [0.2, 0.25) is 0 Å². The number of rotatable bonds is 5. The van der Waals surface area contributed by atoms with Crippen molar-refractivity contribution in [2.45, 2.75) is 31.1 Å². The van der Waals surface area contributed by atoms with E-state index in [1.807, 2.05) is 20.8 Å². The van der Waals surface area contributed by atoms with Crippen molar-refractivity contribution in [3.8, 4) is 21.8 Å². The largest absolute Gasteiger partial charge is 0.368 e. The van der Waals surface area contributed by atoms with Gasteiger partial charge in [-0.05, 0) is 18.2 Å². The molecule has 0 aliphatic heterocycles. The van der Waals surface area contributed by atoms with E-state index in [0.29, 0.717) is 21.2 Å². The maximum atomic E-state index is 15.6. The second-order valence-corrected chi connectivity index (χ2v) is 10.3. The standard InChI is InChI=1S/C21H22FN7OS2/c1-21(2,3)19-27-17(18(31-19)15-8-9-24-20(23)26-15)13-6-5-7-14(16(13)22)28-32(30)12-10-25-29(4)11-12/h5-11,28H,1-4H3,(H2,23,24,26). The summed E-state index contributed by atoms with van der Waals surface area (Å²) in [5.41, 5.74) is 6.93. The molecule has 0 spiro atoms. The Morgan fingerprint density at radius 1 is 1.22 bits per heavy atom. The summed E-state index contributed by atoms with van der Waals surface area (Å²) < 4.78 is 32.5. The lowest BCUT2D eigenvalue weighted by Gasteiger charge is -2.13. The molecule has 32 heavy (non-hydrogen) atoms. The highest BCUT2D eigenvalue weighted by Gasteiger charge is 2.26. The number of aromatic nitrogens is 5. The Morgan fingerprint density at radius 3 is 2.66 bits per heavy atom. The summed E-state index contributed by atoms with van der Waals surface area (Å²) in [6.07, 6.45) is 4.64. The van der Waals surface area contributed by atoms with Crippen molar-refractivity contribution in [1.29, 1.82) is 0 Å². The van der Waals surface area contributed by atoms with Gasteiger partial charge in [0.1, 0.15) is 0 Å². The number of nitrogens with one attached hydrogen (secondary N) is 1. The van der Waals surface area contributed by atoms with Gasteiger partial charge in [0.15, 0.2) is 16.8 Å². The Bertz CT molecular complexity index is 1310. The quantitative estimate of drug-likeness (QED) is 0.452. The van der Waals surface area contributed by atoms with E-state index < -0.39 is 16.8 Å². The molecule has 0 amide bonds. The lowest BCUT2D eigenvalue weighted by Crippen LogP contribution is -2.10.